The lowest BCUT2D eigenvalue weighted by atomic mass is 9.83. The van der Waals surface area contributed by atoms with Gasteiger partial charge in [-0.3, -0.25) is 4.79 Å². The maximum Gasteiger partial charge on any atom is 0.511 e. The summed E-state index contributed by atoms with van der Waals surface area (Å²) < 4.78 is 11.6. The normalized spacial score (nSPS) is 20.1. The van der Waals surface area contributed by atoms with E-state index >= 15 is 0 Å². The molecule has 0 aromatic rings. The molecular formula is C15H33BN2O4. The molecule has 0 saturated carbocycles. The zero-order chi connectivity index (χ0) is 18.1. The third-order valence-electron chi connectivity index (χ3n) is 3.44. The minimum absolute atomic E-state index is 0.471. The summed E-state index contributed by atoms with van der Waals surface area (Å²) in [6, 6.07) is -1.09. The molecular weight excluding hydrogens is 283 g/mol. The largest absolute Gasteiger partial charge is 0.511 e. The zero-order valence-electron chi connectivity index (χ0n) is 15.5. The molecule has 0 aromatic heterocycles. The van der Waals surface area contributed by atoms with Crippen LogP contribution in [-0.4, -0.2) is 42.5 Å². The molecule has 0 amide bonds. The van der Waals surface area contributed by atoms with E-state index < -0.39 is 30.3 Å². The van der Waals surface area contributed by atoms with Crippen molar-refractivity contribution < 1.29 is 19.2 Å². The molecule has 0 radical (unpaired) electrons. The van der Waals surface area contributed by atoms with Gasteiger partial charge in [-0.1, -0.05) is 27.7 Å². The first-order valence-electron chi connectivity index (χ1n) is 7.84. The first kappa shape index (κ1) is 23.2. The number of hydrogen-bond donors (Lipinski definition) is 3. The Morgan fingerprint density at radius 1 is 1.14 bits per heavy atom. The highest BCUT2D eigenvalue weighted by molar-refractivity contribution is 6.54. The van der Waals surface area contributed by atoms with Gasteiger partial charge in [-0.15, -0.1) is 0 Å². The Labute approximate surface area is 135 Å². The summed E-state index contributed by atoms with van der Waals surface area (Å²) >= 11 is 0. The lowest BCUT2D eigenvalue weighted by Crippen LogP contribution is -2.41. The Morgan fingerprint density at radius 2 is 1.50 bits per heavy atom. The Bertz CT molecular complexity index is 355. The van der Waals surface area contributed by atoms with E-state index in [1.54, 1.807) is 7.05 Å². The van der Waals surface area contributed by atoms with Crippen molar-refractivity contribution in [1.29, 1.82) is 0 Å². The molecule has 1 saturated heterocycles. The summed E-state index contributed by atoms with van der Waals surface area (Å²) in [5.74, 6) is -1.10. The molecule has 0 aromatic carbocycles. The highest BCUT2D eigenvalue weighted by atomic mass is 16.7. The van der Waals surface area contributed by atoms with Crippen molar-refractivity contribution in [2.45, 2.75) is 72.6 Å². The fourth-order valence-corrected chi connectivity index (χ4v) is 1.51. The Kier molecular flexibility index (Phi) is 10.4. The smallest absolute Gasteiger partial charge is 0.480 e. The topological polar surface area (TPSA) is 93.8 Å². The van der Waals surface area contributed by atoms with Crippen LogP contribution in [0.2, 0.25) is 0 Å². The van der Waals surface area contributed by atoms with Gasteiger partial charge in [0.05, 0.1) is 11.2 Å². The van der Waals surface area contributed by atoms with Crippen LogP contribution in [0.4, 0.5) is 0 Å². The van der Waals surface area contributed by atoms with Crippen molar-refractivity contribution in [2.75, 3.05) is 7.05 Å². The number of carbonyl (C=O) groups is 1. The lowest BCUT2D eigenvalue weighted by molar-refractivity contribution is -0.137. The predicted molar refractivity (Wildman–Crippen MR) is 91.5 cm³/mol. The molecule has 1 unspecified atom stereocenters. The quantitative estimate of drug-likeness (QED) is 0.688. The SMILES string of the molecule is CC.CC.CN/C(=C\C(N)C(=O)O)B1OC(C)(C)C(C)(C)O1. The van der Waals surface area contributed by atoms with Crippen molar-refractivity contribution >= 4 is 13.1 Å². The van der Waals surface area contributed by atoms with Gasteiger partial charge in [-0.25, -0.2) is 0 Å². The third-order valence-corrected chi connectivity index (χ3v) is 3.44. The van der Waals surface area contributed by atoms with Gasteiger partial charge in [0, 0.05) is 12.6 Å². The fourth-order valence-electron chi connectivity index (χ4n) is 1.51. The average Bonchev–Trinajstić information content (AvgIpc) is 2.68. The van der Waals surface area contributed by atoms with E-state index in [-0.39, 0.29) is 0 Å². The summed E-state index contributed by atoms with van der Waals surface area (Å²) in [4.78, 5) is 10.7. The highest BCUT2D eigenvalue weighted by Gasteiger charge is 2.52. The summed E-state index contributed by atoms with van der Waals surface area (Å²) in [5, 5.41) is 11.7. The van der Waals surface area contributed by atoms with Crippen LogP contribution in [0.25, 0.3) is 0 Å². The van der Waals surface area contributed by atoms with E-state index in [4.69, 9.17) is 20.1 Å². The molecule has 1 aliphatic rings. The summed E-state index contributed by atoms with van der Waals surface area (Å²) in [6.07, 6.45) is 1.39. The van der Waals surface area contributed by atoms with E-state index in [0.717, 1.165) is 0 Å². The number of nitrogens with two attached hydrogens (primary N) is 1. The van der Waals surface area contributed by atoms with Crippen LogP contribution in [0.15, 0.2) is 11.7 Å². The van der Waals surface area contributed by atoms with E-state index in [1.807, 2.05) is 55.4 Å². The molecule has 1 atom stereocenters. The van der Waals surface area contributed by atoms with Crippen molar-refractivity contribution in [1.82, 2.24) is 5.32 Å². The standard InChI is InChI=1S/C11H21BN2O4.2C2H6/c1-10(2)11(3,4)18-12(17-10)8(14-5)6-7(13)9(15)16;2*1-2/h6-7,14H,13H2,1-5H3,(H,15,16);2*1-2H3/b8-6-;;. The second kappa shape index (κ2) is 9.87. The van der Waals surface area contributed by atoms with E-state index in [9.17, 15) is 4.79 Å². The Morgan fingerprint density at radius 3 is 1.77 bits per heavy atom. The van der Waals surface area contributed by atoms with Crippen LogP contribution >= 0.6 is 0 Å². The van der Waals surface area contributed by atoms with E-state index in [0.29, 0.717) is 5.60 Å². The number of nitrogens with one attached hydrogen (secondary N) is 1. The van der Waals surface area contributed by atoms with Crippen LogP contribution in [0.1, 0.15) is 55.4 Å². The average molecular weight is 316 g/mol. The molecule has 7 heteroatoms. The van der Waals surface area contributed by atoms with Crippen LogP contribution < -0.4 is 11.1 Å². The Hall–Kier alpha value is -1.05. The van der Waals surface area contributed by atoms with Crippen LogP contribution in [0.5, 0.6) is 0 Å². The minimum Gasteiger partial charge on any atom is -0.480 e. The molecule has 6 nitrogen and oxygen atoms in total. The molecule has 0 spiro atoms. The summed E-state index contributed by atoms with van der Waals surface area (Å²) in [7, 11) is 1.04. The van der Waals surface area contributed by atoms with Crippen molar-refractivity contribution in [3.8, 4) is 0 Å². The van der Waals surface area contributed by atoms with Crippen LogP contribution in [0.3, 0.4) is 0 Å². The molecule has 1 fully saturated rings. The molecule has 0 aliphatic carbocycles. The maximum atomic E-state index is 10.7. The Balaban J connectivity index is 0. The molecule has 130 valence electrons. The molecule has 1 rings (SSSR count). The fraction of sp³-hybridized carbons (Fsp3) is 0.800. The predicted octanol–water partition coefficient (Wildman–Crippen LogP) is 2.19. The number of hydrogen-bond acceptors (Lipinski definition) is 5. The molecule has 1 aliphatic heterocycles. The van der Waals surface area contributed by atoms with E-state index in [1.165, 1.54) is 6.08 Å². The molecule has 4 N–H and O–H groups in total. The highest BCUT2D eigenvalue weighted by Crippen LogP contribution is 2.38. The number of carboxylic acid groups (broad SMARTS) is 1. The van der Waals surface area contributed by atoms with Gasteiger partial charge in [0.1, 0.15) is 6.04 Å². The van der Waals surface area contributed by atoms with Gasteiger partial charge in [0.15, 0.2) is 0 Å². The van der Waals surface area contributed by atoms with Gasteiger partial charge in [-0.2, -0.15) is 0 Å². The molecule has 0 bridgehead atoms. The van der Waals surface area contributed by atoms with Crippen LogP contribution in [0, 0.1) is 0 Å². The van der Waals surface area contributed by atoms with Gasteiger partial charge in [0.2, 0.25) is 0 Å². The zero-order valence-corrected chi connectivity index (χ0v) is 15.5. The minimum atomic E-state index is -1.10. The number of rotatable bonds is 4. The first-order chi connectivity index (χ1) is 10.1. The van der Waals surface area contributed by atoms with Crippen molar-refractivity contribution in [3.63, 3.8) is 0 Å². The van der Waals surface area contributed by atoms with Gasteiger partial charge in [0.25, 0.3) is 0 Å². The van der Waals surface area contributed by atoms with Crippen molar-refractivity contribution in [3.05, 3.63) is 11.7 Å². The first-order valence-corrected chi connectivity index (χ1v) is 7.84. The number of carboxylic acids is 1. The van der Waals surface area contributed by atoms with Gasteiger partial charge >= 0.3 is 13.1 Å². The maximum absolute atomic E-state index is 10.7. The second-order valence-electron chi connectivity index (χ2n) is 5.32. The van der Waals surface area contributed by atoms with E-state index in [2.05, 4.69) is 5.32 Å². The van der Waals surface area contributed by atoms with Crippen molar-refractivity contribution in [2.24, 2.45) is 5.73 Å². The number of aliphatic carboxylic acids is 1. The van der Waals surface area contributed by atoms with Gasteiger partial charge < -0.3 is 25.5 Å². The monoisotopic (exact) mass is 316 g/mol. The molecule has 1 heterocycles. The summed E-state index contributed by atoms with van der Waals surface area (Å²) in [6.45, 7) is 15.7. The second-order valence-corrected chi connectivity index (χ2v) is 5.32. The van der Waals surface area contributed by atoms with Crippen LogP contribution in [-0.2, 0) is 14.1 Å². The lowest BCUT2D eigenvalue weighted by Gasteiger charge is -2.32. The molecule has 22 heavy (non-hydrogen) atoms. The van der Waals surface area contributed by atoms with Gasteiger partial charge in [-0.05, 0) is 33.8 Å². The summed E-state index contributed by atoms with van der Waals surface area (Å²) in [5.41, 5.74) is 5.04. The third kappa shape index (κ3) is 5.98.